The molecule has 0 atom stereocenters. The zero-order valence-electron chi connectivity index (χ0n) is 11.5. The predicted molar refractivity (Wildman–Crippen MR) is 80.6 cm³/mol. The molecule has 0 unspecified atom stereocenters. The van der Waals surface area contributed by atoms with Crippen molar-refractivity contribution < 1.29 is 9.13 Å². The summed E-state index contributed by atoms with van der Waals surface area (Å²) < 4.78 is 18.1. The van der Waals surface area contributed by atoms with Crippen molar-refractivity contribution in [3.63, 3.8) is 0 Å². The molecule has 0 aliphatic rings. The van der Waals surface area contributed by atoms with E-state index in [0.29, 0.717) is 11.4 Å². The van der Waals surface area contributed by atoms with Gasteiger partial charge in [0.25, 0.3) is 0 Å². The number of hydrogen-bond donors (Lipinski definition) is 2. The average molecular weight is 274 g/mol. The fraction of sp³-hybridized carbons (Fsp3) is 0.250. The first-order chi connectivity index (χ1) is 9.69. The minimum Gasteiger partial charge on any atom is -0.495 e. The third kappa shape index (κ3) is 3.88. The summed E-state index contributed by atoms with van der Waals surface area (Å²) in [7, 11) is 1.61. The van der Waals surface area contributed by atoms with Gasteiger partial charge in [0.1, 0.15) is 11.6 Å². The van der Waals surface area contributed by atoms with E-state index in [4.69, 9.17) is 10.5 Å². The topological polar surface area (TPSA) is 47.3 Å². The minimum absolute atomic E-state index is 0.224. The van der Waals surface area contributed by atoms with Crippen LogP contribution < -0.4 is 15.8 Å². The normalized spacial score (nSPS) is 10.3. The Morgan fingerprint density at radius 1 is 1.20 bits per heavy atom. The lowest BCUT2D eigenvalue weighted by molar-refractivity contribution is 0.417. The number of aryl methyl sites for hydroxylation is 1. The van der Waals surface area contributed by atoms with E-state index >= 15 is 0 Å². The molecule has 0 aliphatic heterocycles. The van der Waals surface area contributed by atoms with Gasteiger partial charge in [-0.15, -0.1) is 0 Å². The molecule has 0 heterocycles. The van der Waals surface area contributed by atoms with Gasteiger partial charge in [-0.25, -0.2) is 4.39 Å². The minimum atomic E-state index is -0.224. The Bertz CT molecular complexity index is 572. The van der Waals surface area contributed by atoms with Crippen molar-refractivity contribution >= 4 is 11.4 Å². The second-order valence-corrected chi connectivity index (χ2v) is 4.62. The van der Waals surface area contributed by atoms with Crippen molar-refractivity contribution in [2.24, 2.45) is 0 Å². The van der Waals surface area contributed by atoms with Crippen LogP contribution in [0.5, 0.6) is 5.75 Å². The van der Waals surface area contributed by atoms with Crippen molar-refractivity contribution in [2.75, 3.05) is 24.7 Å². The van der Waals surface area contributed by atoms with Crippen LogP contribution in [0.4, 0.5) is 15.8 Å². The summed E-state index contributed by atoms with van der Waals surface area (Å²) in [6.45, 7) is 0.787. The maximum atomic E-state index is 13.0. The zero-order valence-corrected chi connectivity index (χ0v) is 11.5. The fourth-order valence-electron chi connectivity index (χ4n) is 2.06. The quantitative estimate of drug-likeness (QED) is 0.626. The Hall–Kier alpha value is -2.23. The maximum absolute atomic E-state index is 13.0. The van der Waals surface area contributed by atoms with Gasteiger partial charge in [-0.1, -0.05) is 12.1 Å². The number of ether oxygens (including phenoxy) is 1. The highest BCUT2D eigenvalue weighted by molar-refractivity contribution is 5.54. The number of methoxy groups -OCH3 is 1. The van der Waals surface area contributed by atoms with Gasteiger partial charge in [0.05, 0.1) is 12.8 Å². The van der Waals surface area contributed by atoms with Crippen molar-refractivity contribution in [3.8, 4) is 5.75 Å². The molecule has 0 amide bonds. The van der Waals surface area contributed by atoms with Crippen molar-refractivity contribution in [1.82, 2.24) is 0 Å². The molecule has 0 radical (unpaired) electrons. The third-order valence-corrected chi connectivity index (χ3v) is 3.09. The van der Waals surface area contributed by atoms with Crippen molar-refractivity contribution in [1.29, 1.82) is 0 Å². The molecule has 3 nitrogen and oxygen atoms in total. The second kappa shape index (κ2) is 6.80. The Balaban J connectivity index is 1.80. The van der Waals surface area contributed by atoms with Gasteiger partial charge in [-0.05, 0) is 48.7 Å². The van der Waals surface area contributed by atoms with Gasteiger partial charge >= 0.3 is 0 Å². The van der Waals surface area contributed by atoms with E-state index in [-0.39, 0.29) is 5.82 Å². The van der Waals surface area contributed by atoms with E-state index in [1.165, 1.54) is 17.7 Å². The van der Waals surface area contributed by atoms with Crippen LogP contribution in [0.2, 0.25) is 0 Å². The lowest BCUT2D eigenvalue weighted by atomic mass is 10.1. The molecule has 106 valence electrons. The molecule has 2 aromatic rings. The smallest absolute Gasteiger partial charge is 0.141 e. The van der Waals surface area contributed by atoms with Gasteiger partial charge in [-0.3, -0.25) is 0 Å². The van der Waals surface area contributed by atoms with E-state index in [1.54, 1.807) is 13.2 Å². The molecule has 0 saturated heterocycles. The van der Waals surface area contributed by atoms with E-state index in [9.17, 15) is 4.39 Å². The number of nitrogen functional groups attached to an aromatic ring is 1. The van der Waals surface area contributed by atoms with Crippen LogP contribution in [0.1, 0.15) is 12.0 Å². The lowest BCUT2D eigenvalue weighted by Gasteiger charge is -2.08. The molecule has 0 spiro atoms. The van der Waals surface area contributed by atoms with E-state index < -0.39 is 0 Å². The molecule has 0 aliphatic carbocycles. The van der Waals surface area contributed by atoms with Gasteiger partial charge in [0.15, 0.2) is 0 Å². The number of anilines is 2. The van der Waals surface area contributed by atoms with Gasteiger partial charge < -0.3 is 15.8 Å². The van der Waals surface area contributed by atoms with E-state index in [0.717, 1.165) is 25.1 Å². The molecule has 0 fully saturated rings. The van der Waals surface area contributed by atoms with Crippen LogP contribution in [0.15, 0.2) is 42.5 Å². The third-order valence-electron chi connectivity index (χ3n) is 3.09. The standard InChI is InChI=1S/C16H19FN2O/c1-20-16-8-7-12(10-15(16)18)4-3-9-19-14-6-2-5-13(17)11-14/h2,5-8,10-11,19H,3-4,9,18H2,1H3. The second-order valence-electron chi connectivity index (χ2n) is 4.62. The summed E-state index contributed by atoms with van der Waals surface area (Å²) in [5, 5.41) is 3.20. The number of nitrogens with one attached hydrogen (secondary N) is 1. The number of nitrogens with two attached hydrogens (primary N) is 1. The number of halogens is 1. The van der Waals surface area contributed by atoms with Gasteiger partial charge in [0, 0.05) is 12.2 Å². The van der Waals surface area contributed by atoms with Gasteiger partial charge in [0.2, 0.25) is 0 Å². The summed E-state index contributed by atoms with van der Waals surface area (Å²) in [5.41, 5.74) is 8.49. The van der Waals surface area contributed by atoms with Crippen molar-refractivity contribution in [2.45, 2.75) is 12.8 Å². The Labute approximate surface area is 118 Å². The first kappa shape index (κ1) is 14.2. The number of hydrogen-bond acceptors (Lipinski definition) is 3. The molecule has 4 heteroatoms. The SMILES string of the molecule is COc1ccc(CCCNc2cccc(F)c2)cc1N. The Morgan fingerprint density at radius 3 is 2.75 bits per heavy atom. The van der Waals surface area contributed by atoms with E-state index in [1.807, 2.05) is 24.3 Å². The highest BCUT2D eigenvalue weighted by Gasteiger charge is 2.01. The van der Waals surface area contributed by atoms with E-state index in [2.05, 4.69) is 5.32 Å². The fourth-order valence-corrected chi connectivity index (χ4v) is 2.06. The first-order valence-electron chi connectivity index (χ1n) is 6.61. The largest absolute Gasteiger partial charge is 0.495 e. The van der Waals surface area contributed by atoms with Crippen LogP contribution in [-0.2, 0) is 6.42 Å². The van der Waals surface area contributed by atoms with Crippen molar-refractivity contribution in [3.05, 3.63) is 53.8 Å². The van der Waals surface area contributed by atoms with Crippen LogP contribution in [-0.4, -0.2) is 13.7 Å². The molecule has 0 bridgehead atoms. The number of rotatable bonds is 6. The molecule has 3 N–H and O–H groups in total. The lowest BCUT2D eigenvalue weighted by Crippen LogP contribution is -2.03. The highest BCUT2D eigenvalue weighted by atomic mass is 19.1. The number of benzene rings is 2. The molecular weight excluding hydrogens is 255 g/mol. The maximum Gasteiger partial charge on any atom is 0.141 e. The molecule has 20 heavy (non-hydrogen) atoms. The first-order valence-corrected chi connectivity index (χ1v) is 6.61. The summed E-state index contributed by atoms with van der Waals surface area (Å²) in [4.78, 5) is 0. The zero-order chi connectivity index (χ0) is 14.4. The Kier molecular flexibility index (Phi) is 4.82. The van der Waals surface area contributed by atoms with Crippen LogP contribution in [0.25, 0.3) is 0 Å². The molecule has 0 aromatic heterocycles. The molecule has 2 aromatic carbocycles. The average Bonchev–Trinajstić information content (AvgIpc) is 2.44. The summed E-state index contributed by atoms with van der Waals surface area (Å²) in [6.07, 6.45) is 1.86. The molecule has 2 rings (SSSR count). The summed E-state index contributed by atoms with van der Waals surface area (Å²) in [5.74, 6) is 0.476. The summed E-state index contributed by atoms with van der Waals surface area (Å²) in [6, 6.07) is 12.3. The van der Waals surface area contributed by atoms with Gasteiger partial charge in [-0.2, -0.15) is 0 Å². The van der Waals surface area contributed by atoms with Crippen LogP contribution in [0.3, 0.4) is 0 Å². The van der Waals surface area contributed by atoms with Crippen LogP contribution in [0, 0.1) is 5.82 Å². The highest BCUT2D eigenvalue weighted by Crippen LogP contribution is 2.22. The molecular formula is C16H19FN2O. The predicted octanol–water partition coefficient (Wildman–Crippen LogP) is 3.46. The summed E-state index contributed by atoms with van der Waals surface area (Å²) >= 11 is 0. The molecule has 0 saturated carbocycles. The monoisotopic (exact) mass is 274 g/mol. The Morgan fingerprint density at radius 2 is 2.05 bits per heavy atom. The van der Waals surface area contributed by atoms with Crippen LogP contribution >= 0.6 is 0 Å².